The van der Waals surface area contributed by atoms with Crippen LogP contribution in [0.1, 0.15) is 51.9 Å². The molecule has 94 valence electrons. The largest absolute Gasteiger partial charge is 0.392 e. The fourth-order valence-corrected chi connectivity index (χ4v) is 1.66. The van der Waals surface area contributed by atoms with Gasteiger partial charge in [0.05, 0.1) is 12.7 Å². The van der Waals surface area contributed by atoms with Crippen molar-refractivity contribution in [1.29, 1.82) is 0 Å². The van der Waals surface area contributed by atoms with Gasteiger partial charge < -0.3 is 10.2 Å². The van der Waals surface area contributed by atoms with E-state index in [-0.39, 0.29) is 12.7 Å². The van der Waals surface area contributed by atoms with Crippen molar-refractivity contribution < 1.29 is 10.2 Å². The van der Waals surface area contributed by atoms with Gasteiger partial charge in [-0.25, -0.2) is 0 Å². The first-order valence-corrected chi connectivity index (χ1v) is 6.38. The van der Waals surface area contributed by atoms with E-state index in [1.54, 1.807) is 6.08 Å². The van der Waals surface area contributed by atoms with E-state index >= 15 is 0 Å². The fraction of sp³-hybridized carbons (Fsp3) is 0.714. The van der Waals surface area contributed by atoms with Gasteiger partial charge in [0.2, 0.25) is 0 Å². The number of rotatable bonds is 10. The minimum atomic E-state index is -0.252. The summed E-state index contributed by atoms with van der Waals surface area (Å²) in [4.78, 5) is 0. The van der Waals surface area contributed by atoms with Crippen LogP contribution in [0.5, 0.6) is 0 Å². The van der Waals surface area contributed by atoms with Crippen molar-refractivity contribution in [1.82, 2.24) is 0 Å². The second-order valence-electron chi connectivity index (χ2n) is 4.09. The molecule has 0 spiro atoms. The highest BCUT2D eigenvalue weighted by atomic mass is 16.3. The van der Waals surface area contributed by atoms with Crippen molar-refractivity contribution >= 4 is 0 Å². The third kappa shape index (κ3) is 11.5. The summed E-state index contributed by atoms with van der Waals surface area (Å²) in [6.45, 7) is 2.09. The Labute approximate surface area is 99.7 Å². The Bertz CT molecular complexity index is 185. The quantitative estimate of drug-likeness (QED) is 0.443. The van der Waals surface area contributed by atoms with Gasteiger partial charge in [-0.3, -0.25) is 0 Å². The van der Waals surface area contributed by atoms with E-state index in [1.165, 1.54) is 25.7 Å². The molecule has 1 atom stereocenters. The Morgan fingerprint density at radius 2 is 1.69 bits per heavy atom. The van der Waals surface area contributed by atoms with Crippen LogP contribution in [-0.4, -0.2) is 22.9 Å². The normalized spacial score (nSPS) is 13.9. The summed E-state index contributed by atoms with van der Waals surface area (Å²) in [6.07, 6.45) is 15.3. The maximum atomic E-state index is 9.43. The molecule has 0 bridgehead atoms. The zero-order valence-corrected chi connectivity index (χ0v) is 10.4. The van der Waals surface area contributed by atoms with Gasteiger partial charge in [-0.15, -0.1) is 0 Å². The molecule has 0 aliphatic carbocycles. The average Bonchev–Trinajstić information content (AvgIpc) is 2.27. The Kier molecular flexibility index (Phi) is 12.0. The molecule has 2 heteroatoms. The summed E-state index contributed by atoms with van der Waals surface area (Å²) >= 11 is 0. The maximum Gasteiger partial charge on any atom is 0.0720 e. The van der Waals surface area contributed by atoms with Gasteiger partial charge in [0.1, 0.15) is 0 Å². The number of hydrogen-bond donors (Lipinski definition) is 2. The van der Waals surface area contributed by atoms with Gasteiger partial charge in [-0.05, 0) is 26.2 Å². The van der Waals surface area contributed by atoms with E-state index in [1.807, 2.05) is 25.2 Å². The molecule has 0 aliphatic heterocycles. The second-order valence-corrected chi connectivity index (χ2v) is 4.09. The molecule has 0 aliphatic rings. The Balaban J connectivity index is 3.12. The first kappa shape index (κ1) is 15.4. The number of aliphatic hydroxyl groups is 2. The summed E-state index contributed by atoms with van der Waals surface area (Å²) < 4.78 is 0. The predicted octanol–water partition coefficient (Wildman–Crippen LogP) is 3.20. The summed E-state index contributed by atoms with van der Waals surface area (Å²) in [6, 6.07) is 0. The summed E-state index contributed by atoms with van der Waals surface area (Å²) in [5.41, 5.74) is 0. The van der Waals surface area contributed by atoms with E-state index < -0.39 is 0 Å². The first-order chi connectivity index (χ1) is 7.81. The zero-order chi connectivity index (χ0) is 12.1. The van der Waals surface area contributed by atoms with E-state index in [2.05, 4.69) is 0 Å². The maximum absolute atomic E-state index is 9.43. The minimum absolute atomic E-state index is 0.156. The Hall–Kier alpha value is -0.600. The molecule has 0 heterocycles. The van der Waals surface area contributed by atoms with Crippen molar-refractivity contribution in [2.45, 2.75) is 58.0 Å². The molecule has 0 saturated carbocycles. The molecule has 0 saturated heterocycles. The third-order valence-electron chi connectivity index (χ3n) is 2.56. The van der Waals surface area contributed by atoms with Crippen LogP contribution >= 0.6 is 0 Å². The van der Waals surface area contributed by atoms with Crippen LogP contribution in [0.4, 0.5) is 0 Å². The van der Waals surface area contributed by atoms with Gasteiger partial charge in [0.25, 0.3) is 0 Å². The SMILES string of the molecule is CC=CC(O)CCCCCCCC=CCO. The molecule has 2 N–H and O–H groups in total. The smallest absolute Gasteiger partial charge is 0.0720 e. The minimum Gasteiger partial charge on any atom is -0.392 e. The van der Waals surface area contributed by atoms with Gasteiger partial charge in [0.15, 0.2) is 0 Å². The topological polar surface area (TPSA) is 40.5 Å². The Morgan fingerprint density at radius 1 is 1.00 bits per heavy atom. The molecule has 2 nitrogen and oxygen atoms in total. The molecule has 0 aromatic carbocycles. The van der Waals surface area contributed by atoms with Crippen LogP contribution in [0.15, 0.2) is 24.3 Å². The lowest BCUT2D eigenvalue weighted by Crippen LogP contribution is -2.00. The van der Waals surface area contributed by atoms with E-state index in [4.69, 9.17) is 5.11 Å². The van der Waals surface area contributed by atoms with Crippen LogP contribution in [0.3, 0.4) is 0 Å². The zero-order valence-electron chi connectivity index (χ0n) is 10.4. The second kappa shape index (κ2) is 12.5. The molecular formula is C14H26O2. The number of hydrogen-bond acceptors (Lipinski definition) is 2. The summed E-state index contributed by atoms with van der Waals surface area (Å²) in [7, 11) is 0. The summed E-state index contributed by atoms with van der Waals surface area (Å²) in [5.74, 6) is 0. The number of aliphatic hydroxyl groups excluding tert-OH is 2. The van der Waals surface area contributed by atoms with Crippen LogP contribution in [0.25, 0.3) is 0 Å². The molecule has 0 rings (SSSR count). The lowest BCUT2D eigenvalue weighted by atomic mass is 10.1. The molecule has 0 aromatic heterocycles. The van der Waals surface area contributed by atoms with Crippen molar-refractivity contribution in [3.8, 4) is 0 Å². The van der Waals surface area contributed by atoms with Crippen molar-refractivity contribution in [3.63, 3.8) is 0 Å². The van der Waals surface area contributed by atoms with E-state index in [0.717, 1.165) is 19.3 Å². The van der Waals surface area contributed by atoms with E-state index in [9.17, 15) is 5.11 Å². The fourth-order valence-electron chi connectivity index (χ4n) is 1.66. The highest BCUT2D eigenvalue weighted by molar-refractivity contribution is 4.85. The standard InChI is InChI=1S/C14H26O2/c1-2-11-14(16)12-9-7-5-3-4-6-8-10-13-15/h2,8,10-11,14-16H,3-7,9,12-13H2,1H3. The van der Waals surface area contributed by atoms with Crippen LogP contribution in [0, 0.1) is 0 Å². The molecule has 0 radical (unpaired) electrons. The van der Waals surface area contributed by atoms with Crippen molar-refractivity contribution in [3.05, 3.63) is 24.3 Å². The third-order valence-corrected chi connectivity index (χ3v) is 2.56. The Morgan fingerprint density at radius 3 is 2.38 bits per heavy atom. The van der Waals surface area contributed by atoms with Gasteiger partial charge in [0, 0.05) is 0 Å². The first-order valence-electron chi connectivity index (χ1n) is 6.38. The van der Waals surface area contributed by atoms with Crippen molar-refractivity contribution in [2.75, 3.05) is 6.61 Å². The molecule has 1 unspecified atom stereocenters. The number of unbranched alkanes of at least 4 members (excludes halogenated alkanes) is 5. The average molecular weight is 226 g/mol. The number of allylic oxidation sites excluding steroid dienone is 2. The van der Waals surface area contributed by atoms with Crippen molar-refractivity contribution in [2.24, 2.45) is 0 Å². The molecule has 16 heavy (non-hydrogen) atoms. The van der Waals surface area contributed by atoms with Crippen LogP contribution in [-0.2, 0) is 0 Å². The summed E-state index contributed by atoms with van der Waals surface area (Å²) in [5, 5.41) is 17.9. The van der Waals surface area contributed by atoms with Gasteiger partial charge in [-0.1, -0.05) is 50.0 Å². The lowest BCUT2D eigenvalue weighted by Gasteiger charge is -2.04. The van der Waals surface area contributed by atoms with Gasteiger partial charge >= 0.3 is 0 Å². The highest BCUT2D eigenvalue weighted by Crippen LogP contribution is 2.09. The lowest BCUT2D eigenvalue weighted by molar-refractivity contribution is 0.208. The monoisotopic (exact) mass is 226 g/mol. The van der Waals surface area contributed by atoms with E-state index in [0.29, 0.717) is 0 Å². The molecular weight excluding hydrogens is 200 g/mol. The van der Waals surface area contributed by atoms with Crippen LogP contribution in [0.2, 0.25) is 0 Å². The predicted molar refractivity (Wildman–Crippen MR) is 69.4 cm³/mol. The highest BCUT2D eigenvalue weighted by Gasteiger charge is 1.97. The molecule has 0 fully saturated rings. The van der Waals surface area contributed by atoms with Crippen LogP contribution < -0.4 is 0 Å². The van der Waals surface area contributed by atoms with Gasteiger partial charge in [-0.2, -0.15) is 0 Å². The molecule has 0 amide bonds. The molecule has 0 aromatic rings.